The van der Waals surface area contributed by atoms with Gasteiger partial charge in [-0.25, -0.2) is 0 Å². The normalized spacial score (nSPS) is 35.3. The number of fused-ring (bicyclic) bond motifs is 1. The van der Waals surface area contributed by atoms with E-state index in [9.17, 15) is 9.59 Å². The highest BCUT2D eigenvalue weighted by molar-refractivity contribution is 5.91. The van der Waals surface area contributed by atoms with Gasteiger partial charge in [-0.1, -0.05) is 38.8 Å². The first-order chi connectivity index (χ1) is 10.6. The minimum absolute atomic E-state index is 0.0535. The Labute approximate surface area is 131 Å². The van der Waals surface area contributed by atoms with Gasteiger partial charge in [0.15, 0.2) is 0 Å². The number of esters is 1. The maximum atomic E-state index is 12.7. The van der Waals surface area contributed by atoms with Crippen LogP contribution >= 0.6 is 0 Å². The summed E-state index contributed by atoms with van der Waals surface area (Å²) in [5.41, 5.74) is -0.593. The van der Waals surface area contributed by atoms with Crippen molar-refractivity contribution < 1.29 is 19.1 Å². The first-order valence-electron chi connectivity index (χ1n) is 8.45. The van der Waals surface area contributed by atoms with E-state index in [0.717, 1.165) is 32.2 Å². The summed E-state index contributed by atoms with van der Waals surface area (Å²) in [5, 5.41) is 0. The Kier molecular flexibility index (Phi) is 4.26. The Bertz CT molecular complexity index is 489. The molecule has 0 aromatic carbocycles. The average Bonchev–Trinajstić information content (AvgIpc) is 3.14. The fraction of sp³-hybridized carbons (Fsp3) is 0.765. The molecule has 2 saturated heterocycles. The summed E-state index contributed by atoms with van der Waals surface area (Å²) in [4.78, 5) is 27.0. The number of rotatable bonds is 7. The molecule has 0 aromatic rings. The van der Waals surface area contributed by atoms with E-state index in [1.807, 2.05) is 17.1 Å². The third-order valence-electron chi connectivity index (χ3n) is 4.97. The molecule has 3 rings (SSSR count). The standard InChI is InChI=1S/C17H25NO4/c1-3-5-9-18-11-17-8-7-12(22-17)13(14(17)15(18)19)16(20)21-10-6-4-2/h7-8,12-14H,3-6,9-11H2,1-2H3/t12-,13+,14-,17+/m1/s1. The zero-order valence-corrected chi connectivity index (χ0v) is 13.4. The minimum Gasteiger partial charge on any atom is -0.465 e. The van der Waals surface area contributed by atoms with Crippen LogP contribution in [0.1, 0.15) is 39.5 Å². The molecular formula is C17H25NO4. The molecule has 1 amide bonds. The fourth-order valence-electron chi connectivity index (χ4n) is 3.80. The third kappa shape index (κ3) is 2.35. The lowest BCUT2D eigenvalue weighted by Crippen LogP contribution is -2.40. The number of likely N-dealkylation sites (tertiary alicyclic amines) is 1. The molecule has 5 nitrogen and oxygen atoms in total. The first-order valence-corrected chi connectivity index (χ1v) is 8.45. The lowest BCUT2D eigenvalue weighted by Gasteiger charge is -2.22. The molecule has 22 heavy (non-hydrogen) atoms. The Morgan fingerprint density at radius 1 is 1.41 bits per heavy atom. The first kappa shape index (κ1) is 15.5. The van der Waals surface area contributed by atoms with Crippen molar-refractivity contribution >= 4 is 11.9 Å². The quantitative estimate of drug-likeness (QED) is 0.409. The van der Waals surface area contributed by atoms with Gasteiger partial charge in [0, 0.05) is 6.54 Å². The van der Waals surface area contributed by atoms with Crippen LogP contribution in [0.4, 0.5) is 0 Å². The third-order valence-corrected chi connectivity index (χ3v) is 4.97. The van der Waals surface area contributed by atoms with Gasteiger partial charge in [-0.15, -0.1) is 0 Å². The monoisotopic (exact) mass is 307 g/mol. The molecule has 1 spiro atoms. The lowest BCUT2D eigenvalue weighted by atomic mass is 9.77. The molecule has 3 aliphatic heterocycles. The zero-order valence-electron chi connectivity index (χ0n) is 13.4. The van der Waals surface area contributed by atoms with E-state index in [1.165, 1.54) is 0 Å². The summed E-state index contributed by atoms with van der Waals surface area (Å²) in [5.74, 6) is -1.09. The van der Waals surface area contributed by atoms with Crippen LogP contribution in [0.25, 0.3) is 0 Å². The van der Waals surface area contributed by atoms with Crippen LogP contribution in [0.15, 0.2) is 12.2 Å². The second kappa shape index (κ2) is 6.03. The largest absolute Gasteiger partial charge is 0.465 e. The Balaban J connectivity index is 1.73. The van der Waals surface area contributed by atoms with Gasteiger partial charge >= 0.3 is 5.97 Å². The van der Waals surface area contributed by atoms with E-state index < -0.39 is 17.4 Å². The van der Waals surface area contributed by atoms with Crippen molar-refractivity contribution in [2.75, 3.05) is 19.7 Å². The van der Waals surface area contributed by atoms with E-state index in [4.69, 9.17) is 9.47 Å². The number of amides is 1. The SMILES string of the molecule is CCCCOC(=O)[C@H]1[C@H]2C=C[C@@]3(CN(CCCC)C(=O)[C@@H]13)O2. The molecule has 4 atom stereocenters. The van der Waals surface area contributed by atoms with Crippen LogP contribution in [-0.2, 0) is 19.1 Å². The van der Waals surface area contributed by atoms with Gasteiger partial charge in [0.1, 0.15) is 11.5 Å². The average molecular weight is 307 g/mol. The van der Waals surface area contributed by atoms with E-state index in [-0.39, 0.29) is 18.0 Å². The predicted molar refractivity (Wildman–Crippen MR) is 81.1 cm³/mol. The van der Waals surface area contributed by atoms with E-state index in [1.54, 1.807) is 0 Å². The van der Waals surface area contributed by atoms with Gasteiger partial charge in [0.05, 0.1) is 25.2 Å². The maximum absolute atomic E-state index is 12.7. The molecule has 0 unspecified atom stereocenters. The highest BCUT2D eigenvalue weighted by Crippen LogP contribution is 2.52. The molecule has 122 valence electrons. The van der Waals surface area contributed by atoms with Gasteiger partial charge in [-0.2, -0.15) is 0 Å². The smallest absolute Gasteiger partial charge is 0.312 e. The molecule has 3 aliphatic rings. The Morgan fingerprint density at radius 3 is 2.91 bits per heavy atom. The Morgan fingerprint density at radius 2 is 2.18 bits per heavy atom. The maximum Gasteiger partial charge on any atom is 0.312 e. The molecule has 5 heteroatoms. The summed E-state index contributed by atoms with van der Waals surface area (Å²) in [6, 6.07) is 0. The fourth-order valence-corrected chi connectivity index (χ4v) is 3.80. The minimum atomic E-state index is -0.593. The lowest BCUT2D eigenvalue weighted by molar-refractivity contribution is -0.153. The van der Waals surface area contributed by atoms with Crippen LogP contribution in [0.2, 0.25) is 0 Å². The molecule has 0 saturated carbocycles. The zero-order chi connectivity index (χ0) is 15.7. The summed E-state index contributed by atoms with van der Waals surface area (Å²) in [6.07, 6.45) is 7.48. The van der Waals surface area contributed by atoms with Gasteiger partial charge in [-0.05, 0) is 12.8 Å². The van der Waals surface area contributed by atoms with Crippen molar-refractivity contribution in [1.29, 1.82) is 0 Å². The number of ether oxygens (including phenoxy) is 2. The number of nitrogens with zero attached hydrogens (tertiary/aromatic N) is 1. The van der Waals surface area contributed by atoms with Gasteiger partial charge in [0.25, 0.3) is 0 Å². The summed E-state index contributed by atoms with van der Waals surface area (Å²) < 4.78 is 11.4. The number of hydrogen-bond donors (Lipinski definition) is 0. The van der Waals surface area contributed by atoms with E-state index >= 15 is 0 Å². The summed E-state index contributed by atoms with van der Waals surface area (Å²) >= 11 is 0. The highest BCUT2D eigenvalue weighted by atomic mass is 16.6. The molecule has 3 heterocycles. The van der Waals surface area contributed by atoms with Gasteiger partial charge in [-0.3, -0.25) is 9.59 Å². The highest BCUT2D eigenvalue weighted by Gasteiger charge is 2.67. The Hall–Kier alpha value is -1.36. The van der Waals surface area contributed by atoms with Crippen molar-refractivity contribution in [2.24, 2.45) is 11.8 Å². The van der Waals surface area contributed by atoms with Gasteiger partial charge < -0.3 is 14.4 Å². The van der Waals surface area contributed by atoms with Gasteiger partial charge in [0.2, 0.25) is 5.91 Å². The van der Waals surface area contributed by atoms with Crippen LogP contribution in [0.5, 0.6) is 0 Å². The topological polar surface area (TPSA) is 55.8 Å². The second-order valence-corrected chi connectivity index (χ2v) is 6.53. The number of hydrogen-bond acceptors (Lipinski definition) is 4. The molecule has 0 aliphatic carbocycles. The molecule has 2 fully saturated rings. The van der Waals surface area contributed by atoms with Crippen molar-refractivity contribution in [3.63, 3.8) is 0 Å². The predicted octanol–water partition coefficient (Wildman–Crippen LogP) is 1.91. The van der Waals surface area contributed by atoms with E-state index in [0.29, 0.717) is 13.2 Å². The van der Waals surface area contributed by atoms with Crippen molar-refractivity contribution in [3.8, 4) is 0 Å². The van der Waals surface area contributed by atoms with Crippen molar-refractivity contribution in [1.82, 2.24) is 4.90 Å². The van der Waals surface area contributed by atoms with Crippen LogP contribution in [0.3, 0.4) is 0 Å². The van der Waals surface area contributed by atoms with Crippen LogP contribution in [-0.4, -0.2) is 48.2 Å². The van der Waals surface area contributed by atoms with E-state index in [2.05, 4.69) is 13.8 Å². The molecule has 2 bridgehead atoms. The number of unbranched alkanes of at least 4 members (excludes halogenated alkanes) is 2. The molecule has 0 N–H and O–H groups in total. The summed E-state index contributed by atoms with van der Waals surface area (Å²) in [7, 11) is 0. The van der Waals surface area contributed by atoms with Crippen molar-refractivity contribution in [3.05, 3.63) is 12.2 Å². The second-order valence-electron chi connectivity index (χ2n) is 6.53. The van der Waals surface area contributed by atoms with Crippen LogP contribution in [0, 0.1) is 11.8 Å². The summed E-state index contributed by atoms with van der Waals surface area (Å²) in [6.45, 7) is 5.90. The van der Waals surface area contributed by atoms with Crippen LogP contribution < -0.4 is 0 Å². The molecule has 0 radical (unpaired) electrons. The number of carbonyl (C=O) groups excluding carboxylic acids is 2. The number of carbonyl (C=O) groups is 2. The molecule has 0 aromatic heterocycles. The van der Waals surface area contributed by atoms with Crippen molar-refractivity contribution in [2.45, 2.75) is 51.2 Å². The molecular weight excluding hydrogens is 282 g/mol.